The molecule has 1 heterocycles. The number of ether oxygens (including phenoxy) is 1. The highest BCUT2D eigenvalue weighted by Gasteiger charge is 2.20. The van der Waals surface area contributed by atoms with E-state index in [9.17, 15) is 4.79 Å². The number of carbonyl (C=O) groups excluding carboxylic acids is 1. The Labute approximate surface area is 114 Å². The summed E-state index contributed by atoms with van der Waals surface area (Å²) >= 11 is 0. The molecular weight excluding hydrogens is 240 g/mol. The van der Waals surface area contributed by atoms with E-state index in [-0.39, 0.29) is 11.9 Å². The lowest BCUT2D eigenvalue weighted by Crippen LogP contribution is -2.44. The van der Waals surface area contributed by atoms with Crippen LogP contribution in [0.25, 0.3) is 0 Å². The van der Waals surface area contributed by atoms with Crippen LogP contribution in [-0.2, 0) is 22.5 Å². The summed E-state index contributed by atoms with van der Waals surface area (Å²) < 4.78 is 5.04. The van der Waals surface area contributed by atoms with E-state index in [0.29, 0.717) is 13.2 Å². The second-order valence-electron chi connectivity index (χ2n) is 5.07. The molecule has 1 aliphatic rings. The molecule has 4 heteroatoms. The lowest BCUT2D eigenvalue weighted by atomic mass is 10.00. The number of nitrogens with one attached hydrogen (secondary N) is 1. The van der Waals surface area contributed by atoms with E-state index in [0.717, 1.165) is 19.5 Å². The van der Waals surface area contributed by atoms with Gasteiger partial charge in [-0.15, -0.1) is 0 Å². The molecule has 0 unspecified atom stereocenters. The topological polar surface area (TPSA) is 41.6 Å². The van der Waals surface area contributed by atoms with E-state index in [1.807, 2.05) is 17.9 Å². The van der Waals surface area contributed by atoms with Gasteiger partial charge in [-0.1, -0.05) is 24.3 Å². The molecule has 4 nitrogen and oxygen atoms in total. The van der Waals surface area contributed by atoms with Gasteiger partial charge in [-0.05, 0) is 24.5 Å². The van der Waals surface area contributed by atoms with E-state index in [4.69, 9.17) is 4.74 Å². The van der Waals surface area contributed by atoms with Gasteiger partial charge >= 0.3 is 0 Å². The van der Waals surface area contributed by atoms with Crippen molar-refractivity contribution < 1.29 is 9.53 Å². The van der Waals surface area contributed by atoms with Crippen LogP contribution in [-0.4, -0.2) is 43.7 Å². The van der Waals surface area contributed by atoms with E-state index in [1.54, 1.807) is 7.11 Å². The monoisotopic (exact) mass is 262 g/mol. The van der Waals surface area contributed by atoms with E-state index in [1.165, 1.54) is 11.1 Å². The Morgan fingerprint density at radius 1 is 1.42 bits per heavy atom. The third kappa shape index (κ3) is 3.78. The van der Waals surface area contributed by atoms with E-state index >= 15 is 0 Å². The lowest BCUT2D eigenvalue weighted by molar-refractivity contribution is -0.131. The molecule has 0 saturated heterocycles. The Kier molecular flexibility index (Phi) is 4.93. The second-order valence-corrected chi connectivity index (χ2v) is 5.07. The first-order valence-electron chi connectivity index (χ1n) is 6.77. The molecule has 104 valence electrons. The van der Waals surface area contributed by atoms with Crippen LogP contribution >= 0.6 is 0 Å². The first-order chi connectivity index (χ1) is 9.20. The molecule has 1 amide bonds. The zero-order valence-electron chi connectivity index (χ0n) is 11.7. The van der Waals surface area contributed by atoms with Crippen molar-refractivity contribution in [1.82, 2.24) is 10.2 Å². The Hall–Kier alpha value is -1.39. The van der Waals surface area contributed by atoms with Crippen LogP contribution in [0.5, 0.6) is 0 Å². The second kappa shape index (κ2) is 6.68. The van der Waals surface area contributed by atoms with Crippen molar-refractivity contribution >= 4 is 5.91 Å². The van der Waals surface area contributed by atoms with E-state index < -0.39 is 0 Å². The van der Waals surface area contributed by atoms with Crippen LogP contribution in [0.1, 0.15) is 18.1 Å². The van der Waals surface area contributed by atoms with Gasteiger partial charge in [0.25, 0.3) is 0 Å². The van der Waals surface area contributed by atoms with E-state index in [2.05, 4.69) is 23.5 Å². The minimum absolute atomic E-state index is 0.164. The molecule has 19 heavy (non-hydrogen) atoms. The van der Waals surface area contributed by atoms with Crippen LogP contribution in [0.15, 0.2) is 24.3 Å². The van der Waals surface area contributed by atoms with Gasteiger partial charge in [-0.3, -0.25) is 4.79 Å². The summed E-state index contributed by atoms with van der Waals surface area (Å²) in [6, 6.07) is 8.55. The van der Waals surface area contributed by atoms with Gasteiger partial charge in [-0.2, -0.15) is 0 Å². The number of hydrogen-bond donors (Lipinski definition) is 1. The molecule has 0 spiro atoms. The predicted molar refractivity (Wildman–Crippen MR) is 74.9 cm³/mol. The van der Waals surface area contributed by atoms with Gasteiger partial charge in [-0.25, -0.2) is 0 Å². The molecule has 1 aromatic rings. The summed E-state index contributed by atoms with van der Waals surface area (Å²) in [6.45, 7) is 4.57. The molecule has 1 N–H and O–H groups in total. The zero-order chi connectivity index (χ0) is 13.7. The average molecular weight is 262 g/mol. The summed E-state index contributed by atoms with van der Waals surface area (Å²) in [6.07, 6.45) is 0.954. The first kappa shape index (κ1) is 14.0. The maximum Gasteiger partial charge on any atom is 0.236 e. The highest BCUT2D eigenvalue weighted by molar-refractivity contribution is 5.78. The first-order valence-corrected chi connectivity index (χ1v) is 6.77. The van der Waals surface area contributed by atoms with Crippen molar-refractivity contribution in [3.8, 4) is 0 Å². The molecule has 1 atom stereocenters. The summed E-state index contributed by atoms with van der Waals surface area (Å²) in [7, 11) is 1.67. The number of hydrogen-bond acceptors (Lipinski definition) is 3. The van der Waals surface area contributed by atoms with Crippen molar-refractivity contribution in [3.63, 3.8) is 0 Å². The van der Waals surface area contributed by atoms with Crippen molar-refractivity contribution in [2.45, 2.75) is 25.9 Å². The third-order valence-corrected chi connectivity index (χ3v) is 3.50. The van der Waals surface area contributed by atoms with Gasteiger partial charge in [0.1, 0.15) is 0 Å². The van der Waals surface area contributed by atoms with Crippen molar-refractivity contribution in [2.24, 2.45) is 0 Å². The fourth-order valence-corrected chi connectivity index (χ4v) is 2.39. The maximum absolute atomic E-state index is 12.1. The minimum atomic E-state index is 0.164. The molecular formula is C15H22N2O2. The number of methoxy groups -OCH3 is 1. The Balaban J connectivity index is 1.85. The van der Waals surface area contributed by atoms with Crippen LogP contribution < -0.4 is 5.32 Å². The fourth-order valence-electron chi connectivity index (χ4n) is 2.39. The third-order valence-electron chi connectivity index (χ3n) is 3.50. The van der Waals surface area contributed by atoms with Crippen LogP contribution in [0.2, 0.25) is 0 Å². The quantitative estimate of drug-likeness (QED) is 0.867. The molecule has 1 aromatic carbocycles. The highest BCUT2D eigenvalue weighted by Crippen LogP contribution is 2.18. The fraction of sp³-hybridized carbons (Fsp3) is 0.533. The number of amides is 1. The Morgan fingerprint density at radius 2 is 2.16 bits per heavy atom. The molecule has 2 rings (SSSR count). The number of rotatable bonds is 5. The van der Waals surface area contributed by atoms with Gasteiger partial charge in [0, 0.05) is 26.2 Å². The molecule has 0 fully saturated rings. The number of benzene rings is 1. The Morgan fingerprint density at radius 3 is 2.89 bits per heavy atom. The number of fused-ring (bicyclic) bond motifs is 1. The van der Waals surface area contributed by atoms with Gasteiger partial charge in [0.05, 0.1) is 13.2 Å². The highest BCUT2D eigenvalue weighted by atomic mass is 16.5. The van der Waals surface area contributed by atoms with Crippen molar-refractivity contribution in [3.05, 3.63) is 35.4 Å². The zero-order valence-corrected chi connectivity index (χ0v) is 11.7. The molecule has 0 aromatic heterocycles. The normalized spacial score (nSPS) is 16.0. The summed E-state index contributed by atoms with van der Waals surface area (Å²) in [5.41, 5.74) is 2.64. The predicted octanol–water partition coefficient (Wildman–Crippen LogP) is 1.20. The van der Waals surface area contributed by atoms with Gasteiger partial charge in [0.15, 0.2) is 0 Å². The molecule has 0 radical (unpaired) electrons. The van der Waals surface area contributed by atoms with Crippen molar-refractivity contribution in [2.75, 3.05) is 26.8 Å². The standard InChI is InChI=1S/C15H22N2O2/c1-12(11-19-2)16-9-15(18)17-8-7-13-5-3-4-6-14(13)10-17/h3-6,12,16H,7-11H2,1-2H3/t12-/m0/s1. The SMILES string of the molecule is COC[C@H](C)NCC(=O)N1CCc2ccccc2C1. The molecule has 0 saturated carbocycles. The molecule has 0 bridgehead atoms. The summed E-state index contributed by atoms with van der Waals surface area (Å²) in [5.74, 6) is 0.164. The van der Waals surface area contributed by atoms with Crippen LogP contribution in [0.3, 0.4) is 0 Å². The maximum atomic E-state index is 12.1. The minimum Gasteiger partial charge on any atom is -0.383 e. The molecule has 0 aliphatic carbocycles. The lowest BCUT2D eigenvalue weighted by Gasteiger charge is -2.29. The van der Waals surface area contributed by atoms with Crippen LogP contribution in [0, 0.1) is 0 Å². The van der Waals surface area contributed by atoms with Gasteiger partial charge in [0.2, 0.25) is 5.91 Å². The average Bonchev–Trinajstić information content (AvgIpc) is 2.44. The number of carbonyl (C=O) groups is 1. The Bertz CT molecular complexity index is 434. The number of nitrogens with zero attached hydrogens (tertiary/aromatic N) is 1. The van der Waals surface area contributed by atoms with Crippen molar-refractivity contribution in [1.29, 1.82) is 0 Å². The summed E-state index contributed by atoms with van der Waals surface area (Å²) in [4.78, 5) is 14.1. The smallest absolute Gasteiger partial charge is 0.236 e. The molecule has 1 aliphatic heterocycles. The van der Waals surface area contributed by atoms with Gasteiger partial charge < -0.3 is 15.0 Å². The van der Waals surface area contributed by atoms with Crippen LogP contribution in [0.4, 0.5) is 0 Å². The largest absolute Gasteiger partial charge is 0.383 e. The summed E-state index contributed by atoms with van der Waals surface area (Å²) in [5, 5.41) is 3.19.